The third-order valence-corrected chi connectivity index (χ3v) is 2.41. The van der Waals surface area contributed by atoms with Gasteiger partial charge in [0.15, 0.2) is 5.69 Å². The van der Waals surface area contributed by atoms with Crippen LogP contribution < -0.4 is 10.6 Å². The van der Waals surface area contributed by atoms with Gasteiger partial charge in [0, 0.05) is 12.6 Å². The van der Waals surface area contributed by atoms with E-state index in [2.05, 4.69) is 15.6 Å². The number of rotatable bonds is 7. The minimum atomic E-state index is -1.31. The smallest absolute Gasteiger partial charge is 0.354 e. The lowest BCUT2D eigenvalue weighted by Gasteiger charge is -2.09. The lowest BCUT2D eigenvalue weighted by Crippen LogP contribution is -2.32. The molecule has 0 fully saturated rings. The van der Waals surface area contributed by atoms with Crippen LogP contribution in [0.5, 0.6) is 0 Å². The molecule has 21 heavy (non-hydrogen) atoms. The van der Waals surface area contributed by atoms with Gasteiger partial charge >= 0.3 is 11.7 Å². The Labute approximate surface area is 120 Å². The van der Waals surface area contributed by atoms with Gasteiger partial charge in [0.1, 0.15) is 0 Å². The largest absolute Gasteiger partial charge is 0.477 e. The summed E-state index contributed by atoms with van der Waals surface area (Å²) in [5.74, 6) is -1.64. The molecule has 0 saturated heterocycles. The Morgan fingerprint density at radius 3 is 2.62 bits per heavy atom. The van der Waals surface area contributed by atoms with Gasteiger partial charge in [-0.15, -0.1) is 0 Å². The fourth-order valence-electron chi connectivity index (χ4n) is 1.39. The zero-order valence-electron chi connectivity index (χ0n) is 11.6. The number of carboxylic acids is 1. The molecule has 0 aliphatic rings. The van der Waals surface area contributed by atoms with Gasteiger partial charge in [0.05, 0.1) is 11.5 Å². The van der Waals surface area contributed by atoms with E-state index in [-0.39, 0.29) is 29.9 Å². The highest BCUT2D eigenvalue weighted by Gasteiger charge is 2.18. The number of carboxylic acid groups (broad SMARTS) is 1. The van der Waals surface area contributed by atoms with Crippen LogP contribution in [0.25, 0.3) is 0 Å². The molecular formula is C12H16N4O5. The third-order valence-electron chi connectivity index (χ3n) is 2.41. The van der Waals surface area contributed by atoms with Gasteiger partial charge in [-0.1, -0.05) is 13.8 Å². The quantitative estimate of drug-likeness (QED) is 0.502. The highest BCUT2D eigenvalue weighted by molar-refractivity contribution is 5.87. The maximum absolute atomic E-state index is 11.5. The normalized spacial score (nSPS) is 10.2. The number of aromatic nitrogens is 1. The number of anilines is 1. The summed E-state index contributed by atoms with van der Waals surface area (Å²) in [5.41, 5.74) is -0.734. The Morgan fingerprint density at radius 1 is 1.43 bits per heavy atom. The summed E-state index contributed by atoms with van der Waals surface area (Å²) >= 11 is 0. The maximum Gasteiger partial charge on any atom is 0.354 e. The van der Waals surface area contributed by atoms with Crippen molar-refractivity contribution in [3.05, 3.63) is 27.9 Å². The van der Waals surface area contributed by atoms with Crippen molar-refractivity contribution in [1.29, 1.82) is 0 Å². The van der Waals surface area contributed by atoms with Crippen molar-refractivity contribution in [3.63, 3.8) is 0 Å². The van der Waals surface area contributed by atoms with E-state index >= 15 is 0 Å². The standard InChI is InChI=1S/C12H16N4O5/c1-7(2)5-13-10(17)6-14-11-9(16(20)21)4-3-8(15-11)12(18)19/h3-4,7H,5-6H2,1-2H3,(H,13,17)(H,14,15)(H,18,19). The van der Waals surface area contributed by atoms with Crippen molar-refractivity contribution in [2.45, 2.75) is 13.8 Å². The van der Waals surface area contributed by atoms with Crippen LogP contribution in [-0.2, 0) is 4.79 Å². The molecule has 0 radical (unpaired) electrons. The Kier molecular flexibility index (Phi) is 5.58. The molecular weight excluding hydrogens is 280 g/mol. The van der Waals surface area contributed by atoms with Crippen molar-refractivity contribution in [2.24, 2.45) is 5.92 Å². The van der Waals surface area contributed by atoms with Crippen LogP contribution in [0.1, 0.15) is 24.3 Å². The molecule has 3 N–H and O–H groups in total. The summed E-state index contributed by atoms with van der Waals surface area (Å²) < 4.78 is 0. The van der Waals surface area contributed by atoms with Crippen LogP contribution in [0.2, 0.25) is 0 Å². The molecule has 1 aromatic rings. The van der Waals surface area contributed by atoms with Crippen molar-refractivity contribution in [1.82, 2.24) is 10.3 Å². The molecule has 0 spiro atoms. The summed E-state index contributed by atoms with van der Waals surface area (Å²) in [6.07, 6.45) is 0. The number of amides is 1. The fraction of sp³-hybridized carbons (Fsp3) is 0.417. The monoisotopic (exact) mass is 296 g/mol. The minimum Gasteiger partial charge on any atom is -0.477 e. The Morgan fingerprint density at radius 2 is 2.10 bits per heavy atom. The summed E-state index contributed by atoms with van der Waals surface area (Å²) in [5, 5.41) is 24.8. The van der Waals surface area contributed by atoms with E-state index in [4.69, 9.17) is 5.11 Å². The SMILES string of the molecule is CC(C)CNC(=O)CNc1nc(C(=O)O)ccc1[N+](=O)[O-]. The lowest BCUT2D eigenvalue weighted by atomic mass is 10.2. The number of pyridine rings is 1. The molecule has 1 heterocycles. The van der Waals surface area contributed by atoms with Crippen molar-refractivity contribution < 1.29 is 19.6 Å². The molecule has 9 heteroatoms. The van der Waals surface area contributed by atoms with Crippen molar-refractivity contribution in [2.75, 3.05) is 18.4 Å². The molecule has 9 nitrogen and oxygen atoms in total. The number of nitrogens with zero attached hydrogens (tertiary/aromatic N) is 2. The molecule has 0 aliphatic carbocycles. The first-order valence-corrected chi connectivity index (χ1v) is 6.20. The first-order valence-electron chi connectivity index (χ1n) is 6.20. The fourth-order valence-corrected chi connectivity index (χ4v) is 1.39. The number of carbonyl (C=O) groups excluding carboxylic acids is 1. The Hall–Kier alpha value is -2.71. The van der Waals surface area contributed by atoms with Gasteiger partial charge in [0.25, 0.3) is 0 Å². The Bertz CT molecular complexity index is 559. The van der Waals surface area contributed by atoms with Gasteiger partial charge in [-0.05, 0) is 12.0 Å². The van der Waals surface area contributed by atoms with Gasteiger partial charge in [-0.3, -0.25) is 14.9 Å². The van der Waals surface area contributed by atoms with Crippen LogP contribution in [0.4, 0.5) is 11.5 Å². The van der Waals surface area contributed by atoms with E-state index in [1.54, 1.807) is 0 Å². The molecule has 1 rings (SSSR count). The molecule has 0 atom stereocenters. The molecule has 114 valence electrons. The average molecular weight is 296 g/mol. The van der Waals surface area contributed by atoms with Crippen LogP contribution >= 0.6 is 0 Å². The maximum atomic E-state index is 11.5. The van der Waals surface area contributed by atoms with E-state index in [0.717, 1.165) is 12.1 Å². The minimum absolute atomic E-state index is 0.233. The average Bonchev–Trinajstić information content (AvgIpc) is 2.42. The second-order valence-corrected chi connectivity index (χ2v) is 4.68. The van der Waals surface area contributed by atoms with E-state index in [1.807, 2.05) is 13.8 Å². The summed E-state index contributed by atoms with van der Waals surface area (Å²) in [6, 6.07) is 2.06. The van der Waals surface area contributed by atoms with Gasteiger partial charge < -0.3 is 15.7 Å². The summed E-state index contributed by atoms with van der Waals surface area (Å²) in [7, 11) is 0. The predicted octanol–water partition coefficient (Wildman–Crippen LogP) is 0.872. The number of carbonyl (C=O) groups is 2. The van der Waals surface area contributed by atoms with E-state index in [1.165, 1.54) is 0 Å². The number of hydrogen-bond donors (Lipinski definition) is 3. The van der Waals surface area contributed by atoms with Crippen molar-refractivity contribution >= 4 is 23.4 Å². The van der Waals surface area contributed by atoms with Crippen LogP contribution in [0.15, 0.2) is 12.1 Å². The molecule has 1 aromatic heterocycles. The van der Waals surface area contributed by atoms with Crippen LogP contribution in [0.3, 0.4) is 0 Å². The summed E-state index contributed by atoms with van der Waals surface area (Å²) in [4.78, 5) is 36.1. The first kappa shape index (κ1) is 16.3. The molecule has 1 amide bonds. The second-order valence-electron chi connectivity index (χ2n) is 4.68. The zero-order chi connectivity index (χ0) is 16.0. The van der Waals surface area contributed by atoms with Gasteiger partial charge in [0.2, 0.25) is 11.7 Å². The van der Waals surface area contributed by atoms with Crippen molar-refractivity contribution in [3.8, 4) is 0 Å². The van der Waals surface area contributed by atoms with E-state index < -0.39 is 16.6 Å². The summed E-state index contributed by atoms with van der Waals surface area (Å²) in [6.45, 7) is 4.10. The van der Waals surface area contributed by atoms with E-state index in [0.29, 0.717) is 6.54 Å². The predicted molar refractivity (Wildman–Crippen MR) is 74.2 cm³/mol. The molecule has 0 aliphatic heterocycles. The highest BCUT2D eigenvalue weighted by atomic mass is 16.6. The van der Waals surface area contributed by atoms with Gasteiger partial charge in [-0.25, -0.2) is 9.78 Å². The third kappa shape index (κ3) is 5.05. The number of nitro groups is 1. The first-order chi connectivity index (χ1) is 9.81. The topological polar surface area (TPSA) is 134 Å². The molecule has 0 bridgehead atoms. The lowest BCUT2D eigenvalue weighted by molar-refractivity contribution is -0.384. The molecule has 0 unspecified atom stereocenters. The number of hydrogen-bond acceptors (Lipinski definition) is 6. The Balaban J connectivity index is 2.80. The zero-order valence-corrected chi connectivity index (χ0v) is 11.6. The number of aromatic carboxylic acids is 1. The van der Waals surface area contributed by atoms with Crippen LogP contribution in [-0.4, -0.2) is 40.0 Å². The van der Waals surface area contributed by atoms with Gasteiger partial charge in [-0.2, -0.15) is 0 Å². The molecule has 0 saturated carbocycles. The second kappa shape index (κ2) is 7.17. The molecule has 0 aromatic carbocycles. The van der Waals surface area contributed by atoms with Crippen LogP contribution in [0, 0.1) is 16.0 Å². The number of nitrogens with one attached hydrogen (secondary N) is 2. The highest BCUT2D eigenvalue weighted by Crippen LogP contribution is 2.21. The van der Waals surface area contributed by atoms with E-state index in [9.17, 15) is 19.7 Å².